The Morgan fingerprint density at radius 1 is 1.17 bits per heavy atom. The van der Waals surface area contributed by atoms with E-state index in [9.17, 15) is 9.59 Å². The summed E-state index contributed by atoms with van der Waals surface area (Å²) in [5.74, 6) is -0.615. The van der Waals surface area contributed by atoms with Crippen molar-refractivity contribution in [3.8, 4) is 0 Å². The number of carbonyl (C=O) groups is 2. The van der Waals surface area contributed by atoms with Gasteiger partial charge in [-0.05, 0) is 48.8 Å². The Kier molecular flexibility index (Phi) is 4.90. The maximum atomic E-state index is 11.7. The molecule has 98 valence electrons. The lowest BCUT2D eigenvalue weighted by Crippen LogP contribution is -2.41. The lowest BCUT2D eigenvalue weighted by molar-refractivity contribution is -0.127. The van der Waals surface area contributed by atoms with Gasteiger partial charge in [0.2, 0.25) is 11.8 Å². The lowest BCUT2D eigenvalue weighted by atomic mass is 10.1. The van der Waals surface area contributed by atoms with Crippen LogP contribution in [0.1, 0.15) is 27.2 Å². The largest absolute Gasteiger partial charge is 0.351 e. The van der Waals surface area contributed by atoms with E-state index in [1.54, 1.807) is 6.07 Å². The van der Waals surface area contributed by atoms with Crippen molar-refractivity contribution in [2.75, 3.05) is 5.32 Å². The molecule has 2 N–H and O–H groups in total. The molecule has 0 radical (unpaired) electrons. The summed E-state index contributed by atoms with van der Waals surface area (Å²) in [6, 6.07) is 7.26. The molecule has 0 heterocycles. The third kappa shape index (κ3) is 5.31. The average molecular weight is 313 g/mol. The standard InChI is InChI=1S/C13H17BrN2O2/c1-13(2,3)16-12(18)8-11(17)15-10-7-5-4-6-9(10)14/h4-7H,8H2,1-3H3,(H,15,17)(H,16,18). The Balaban J connectivity index is 2.53. The lowest BCUT2D eigenvalue weighted by Gasteiger charge is -2.20. The molecule has 0 bridgehead atoms. The zero-order valence-electron chi connectivity index (χ0n) is 10.7. The number of hydrogen-bond acceptors (Lipinski definition) is 2. The number of benzene rings is 1. The smallest absolute Gasteiger partial charge is 0.233 e. The third-order valence-corrected chi connectivity index (χ3v) is 2.67. The number of amides is 2. The van der Waals surface area contributed by atoms with Crippen LogP contribution in [-0.4, -0.2) is 17.4 Å². The first-order chi connectivity index (χ1) is 8.28. The van der Waals surface area contributed by atoms with E-state index >= 15 is 0 Å². The van der Waals surface area contributed by atoms with Crippen LogP contribution >= 0.6 is 15.9 Å². The predicted molar refractivity (Wildman–Crippen MR) is 75.3 cm³/mol. The van der Waals surface area contributed by atoms with Crippen LogP contribution in [0.25, 0.3) is 0 Å². The number of halogens is 1. The van der Waals surface area contributed by atoms with Gasteiger partial charge >= 0.3 is 0 Å². The SMILES string of the molecule is CC(C)(C)NC(=O)CC(=O)Nc1ccccc1Br. The minimum atomic E-state index is -0.330. The molecular formula is C13H17BrN2O2. The monoisotopic (exact) mass is 312 g/mol. The van der Waals surface area contributed by atoms with Gasteiger partial charge in [-0.1, -0.05) is 12.1 Å². The fraction of sp³-hybridized carbons (Fsp3) is 0.385. The molecule has 0 saturated carbocycles. The maximum absolute atomic E-state index is 11.7. The van der Waals surface area contributed by atoms with E-state index in [4.69, 9.17) is 0 Å². The number of nitrogens with one attached hydrogen (secondary N) is 2. The van der Waals surface area contributed by atoms with E-state index in [2.05, 4.69) is 26.6 Å². The fourth-order valence-electron chi connectivity index (χ4n) is 1.37. The van der Waals surface area contributed by atoms with Gasteiger partial charge in [-0.2, -0.15) is 0 Å². The summed E-state index contributed by atoms with van der Waals surface area (Å²) >= 11 is 3.32. The Morgan fingerprint density at radius 2 is 1.78 bits per heavy atom. The van der Waals surface area contributed by atoms with Gasteiger partial charge in [-0.25, -0.2) is 0 Å². The minimum absolute atomic E-state index is 0.182. The molecule has 5 heteroatoms. The highest BCUT2D eigenvalue weighted by molar-refractivity contribution is 9.10. The van der Waals surface area contributed by atoms with Crippen LogP contribution in [0.5, 0.6) is 0 Å². The van der Waals surface area contributed by atoms with Crippen LogP contribution in [0.2, 0.25) is 0 Å². The zero-order valence-corrected chi connectivity index (χ0v) is 12.3. The first-order valence-corrected chi connectivity index (χ1v) is 6.42. The number of carbonyl (C=O) groups excluding carboxylic acids is 2. The second kappa shape index (κ2) is 6.00. The molecule has 0 atom stereocenters. The molecule has 2 amide bonds. The molecule has 0 aliphatic carbocycles. The maximum Gasteiger partial charge on any atom is 0.233 e. The normalized spacial score (nSPS) is 10.9. The van der Waals surface area contributed by atoms with Gasteiger partial charge in [-0.3, -0.25) is 9.59 Å². The van der Waals surface area contributed by atoms with Crippen LogP contribution in [0.15, 0.2) is 28.7 Å². The Hall–Kier alpha value is -1.36. The molecule has 0 spiro atoms. The number of anilines is 1. The van der Waals surface area contributed by atoms with Crippen molar-refractivity contribution in [1.29, 1.82) is 0 Å². The molecule has 18 heavy (non-hydrogen) atoms. The Labute approximate surface area is 115 Å². The van der Waals surface area contributed by atoms with Gasteiger partial charge in [0.1, 0.15) is 6.42 Å². The van der Waals surface area contributed by atoms with Crippen molar-refractivity contribution in [2.24, 2.45) is 0 Å². The van der Waals surface area contributed by atoms with Crippen LogP contribution < -0.4 is 10.6 Å². The molecule has 0 unspecified atom stereocenters. The van der Waals surface area contributed by atoms with Gasteiger partial charge in [0.05, 0.1) is 5.69 Å². The molecule has 0 fully saturated rings. The molecule has 0 aromatic heterocycles. The van der Waals surface area contributed by atoms with Crippen molar-refractivity contribution < 1.29 is 9.59 Å². The van der Waals surface area contributed by atoms with Gasteiger partial charge in [0, 0.05) is 10.0 Å². The second-order valence-corrected chi connectivity index (χ2v) is 5.86. The zero-order chi connectivity index (χ0) is 13.8. The quantitative estimate of drug-likeness (QED) is 0.843. The summed E-state index contributed by atoms with van der Waals surface area (Å²) in [6.45, 7) is 5.61. The molecule has 4 nitrogen and oxygen atoms in total. The average Bonchev–Trinajstić information content (AvgIpc) is 2.18. The Morgan fingerprint density at radius 3 is 2.33 bits per heavy atom. The van der Waals surface area contributed by atoms with Crippen LogP contribution in [-0.2, 0) is 9.59 Å². The third-order valence-electron chi connectivity index (χ3n) is 1.98. The van der Waals surface area contributed by atoms with Gasteiger partial charge < -0.3 is 10.6 Å². The second-order valence-electron chi connectivity index (χ2n) is 5.00. The topological polar surface area (TPSA) is 58.2 Å². The van der Waals surface area contributed by atoms with Crippen LogP contribution in [0, 0.1) is 0 Å². The first kappa shape index (κ1) is 14.7. The number of hydrogen-bond donors (Lipinski definition) is 2. The summed E-state index contributed by atoms with van der Waals surface area (Å²) < 4.78 is 0.787. The van der Waals surface area contributed by atoms with E-state index in [-0.39, 0.29) is 23.8 Å². The molecular weight excluding hydrogens is 296 g/mol. The van der Waals surface area contributed by atoms with Gasteiger partial charge in [0.15, 0.2) is 0 Å². The summed E-state index contributed by atoms with van der Waals surface area (Å²) in [6.07, 6.45) is -0.182. The molecule has 0 aliphatic rings. The van der Waals surface area contributed by atoms with Crippen molar-refractivity contribution in [1.82, 2.24) is 5.32 Å². The summed E-state index contributed by atoms with van der Waals surface area (Å²) in [7, 11) is 0. The fourth-order valence-corrected chi connectivity index (χ4v) is 1.75. The van der Waals surface area contributed by atoms with Crippen molar-refractivity contribution in [3.05, 3.63) is 28.7 Å². The molecule has 0 saturated heterocycles. The predicted octanol–water partition coefficient (Wildman–Crippen LogP) is 2.69. The van der Waals surface area contributed by atoms with E-state index in [0.717, 1.165) is 4.47 Å². The number of para-hydroxylation sites is 1. The van der Waals surface area contributed by atoms with E-state index in [1.807, 2.05) is 39.0 Å². The first-order valence-electron chi connectivity index (χ1n) is 5.63. The summed E-state index contributed by atoms with van der Waals surface area (Å²) in [4.78, 5) is 23.2. The van der Waals surface area contributed by atoms with E-state index in [0.29, 0.717) is 5.69 Å². The molecule has 1 aromatic carbocycles. The summed E-state index contributed by atoms with van der Waals surface area (Å²) in [5.41, 5.74) is 0.330. The highest BCUT2D eigenvalue weighted by atomic mass is 79.9. The minimum Gasteiger partial charge on any atom is -0.351 e. The molecule has 1 aromatic rings. The van der Waals surface area contributed by atoms with Crippen molar-refractivity contribution in [3.63, 3.8) is 0 Å². The Bertz CT molecular complexity index is 453. The van der Waals surface area contributed by atoms with Crippen LogP contribution in [0.4, 0.5) is 5.69 Å². The molecule has 0 aliphatic heterocycles. The van der Waals surface area contributed by atoms with Crippen molar-refractivity contribution in [2.45, 2.75) is 32.7 Å². The summed E-state index contributed by atoms with van der Waals surface area (Å²) in [5, 5.41) is 5.42. The number of rotatable bonds is 3. The van der Waals surface area contributed by atoms with Crippen molar-refractivity contribution >= 4 is 33.4 Å². The molecule has 1 rings (SSSR count). The highest BCUT2D eigenvalue weighted by Gasteiger charge is 2.16. The van der Waals surface area contributed by atoms with E-state index < -0.39 is 0 Å². The van der Waals surface area contributed by atoms with Gasteiger partial charge in [0.25, 0.3) is 0 Å². The van der Waals surface area contributed by atoms with E-state index in [1.165, 1.54) is 0 Å². The highest BCUT2D eigenvalue weighted by Crippen LogP contribution is 2.21. The van der Waals surface area contributed by atoms with Crippen LogP contribution in [0.3, 0.4) is 0 Å². The van der Waals surface area contributed by atoms with Gasteiger partial charge in [-0.15, -0.1) is 0 Å².